The maximum atomic E-state index is 5.87. The first-order chi connectivity index (χ1) is 8.49. The fourth-order valence-electron chi connectivity index (χ4n) is 1.26. The van der Waals surface area contributed by atoms with E-state index in [1.165, 1.54) is 0 Å². The van der Waals surface area contributed by atoms with E-state index < -0.39 is 0 Å². The van der Waals surface area contributed by atoms with Crippen LogP contribution < -0.4 is 4.74 Å². The lowest BCUT2D eigenvalue weighted by atomic mass is 10.3. The van der Waals surface area contributed by atoms with Gasteiger partial charge in [-0.3, -0.25) is 0 Å². The van der Waals surface area contributed by atoms with Crippen LogP contribution in [0.3, 0.4) is 0 Å². The molecular weight excluding hydrogens is 566 g/mol. The Balaban J connectivity index is 2.37. The summed E-state index contributed by atoms with van der Waals surface area (Å²) in [6.07, 6.45) is 0. The average molecular weight is 571 g/mol. The molecule has 0 atom stereocenters. The summed E-state index contributed by atoms with van der Waals surface area (Å²) >= 11 is 17.3. The highest BCUT2D eigenvalue weighted by atomic mass is 79.9. The van der Waals surface area contributed by atoms with Crippen molar-refractivity contribution in [2.24, 2.45) is 0 Å². The fourth-order valence-corrected chi connectivity index (χ4v) is 3.74. The van der Waals surface area contributed by atoms with Crippen LogP contribution in [0.1, 0.15) is 0 Å². The van der Waals surface area contributed by atoms with Gasteiger partial charge in [-0.2, -0.15) is 0 Å². The number of ether oxygens (including phenoxy) is 1. The third-order valence-corrected chi connectivity index (χ3v) is 6.56. The second-order valence-electron chi connectivity index (χ2n) is 3.35. The van der Waals surface area contributed by atoms with Crippen molar-refractivity contribution in [2.45, 2.75) is 0 Å². The molecule has 0 aliphatic carbocycles. The maximum absolute atomic E-state index is 5.87. The predicted molar refractivity (Wildman–Crippen MR) is 91.5 cm³/mol. The lowest BCUT2D eigenvalue weighted by Gasteiger charge is -2.11. The summed E-state index contributed by atoms with van der Waals surface area (Å²) < 4.78 is 10.5. The molecule has 0 N–H and O–H groups in total. The summed E-state index contributed by atoms with van der Waals surface area (Å²) in [5.74, 6) is 1.50. The molecule has 0 fully saturated rings. The Labute approximate surface area is 147 Å². The van der Waals surface area contributed by atoms with E-state index in [2.05, 4.69) is 79.6 Å². The normalized spacial score (nSPS) is 10.5. The summed E-state index contributed by atoms with van der Waals surface area (Å²) in [4.78, 5) is 0. The highest BCUT2D eigenvalue weighted by molar-refractivity contribution is 9.14. The van der Waals surface area contributed by atoms with Gasteiger partial charge in [0.2, 0.25) is 0 Å². The Morgan fingerprint density at radius 3 is 2.00 bits per heavy atom. The van der Waals surface area contributed by atoms with Gasteiger partial charge in [0.05, 0.1) is 8.95 Å². The monoisotopic (exact) mass is 566 g/mol. The van der Waals surface area contributed by atoms with Crippen molar-refractivity contribution in [3.8, 4) is 11.5 Å². The molecule has 0 heterocycles. The standard InChI is InChI=1S/C12H5Br5O/c13-6-1-3-9(8(15)5-6)18-10-4-2-7(14)11(16)12(10)17/h1-5H/i1+1,3+1,5+1,6+1,8+1,9+1. The van der Waals surface area contributed by atoms with Crippen molar-refractivity contribution >= 4 is 79.6 Å². The third kappa shape index (κ3) is 3.39. The van der Waals surface area contributed by atoms with Crippen molar-refractivity contribution < 1.29 is 4.74 Å². The molecule has 6 heteroatoms. The molecule has 0 radical (unpaired) electrons. The molecule has 1 nitrogen and oxygen atoms in total. The van der Waals surface area contributed by atoms with E-state index in [-0.39, 0.29) is 0 Å². The molecule has 0 aliphatic rings. The van der Waals surface area contributed by atoms with Crippen LogP contribution in [0.2, 0.25) is 0 Å². The van der Waals surface area contributed by atoms with Gasteiger partial charge in [-0.25, -0.2) is 0 Å². The SMILES string of the molecule is Brc1ccc(O[13c]2[13cH][13cH][13c](Br)[13cH][13c]2Br)c(Br)c1Br. The molecular formula is C12H5Br5O. The first-order valence-electron chi connectivity index (χ1n) is 4.75. The zero-order valence-electron chi connectivity index (χ0n) is 8.68. The fraction of sp³-hybridized carbons (Fsp3) is 0. The second kappa shape index (κ2) is 6.39. The van der Waals surface area contributed by atoms with E-state index in [9.17, 15) is 0 Å². The molecule has 2 aromatic rings. The Bertz CT molecular complexity index is 597. The molecule has 2 rings (SSSR count). The molecule has 0 unspecified atom stereocenters. The Kier molecular flexibility index (Phi) is 5.34. The van der Waals surface area contributed by atoms with Gasteiger partial charge >= 0.3 is 0 Å². The van der Waals surface area contributed by atoms with Crippen LogP contribution in [0, 0.1) is 0 Å². The van der Waals surface area contributed by atoms with Crippen molar-refractivity contribution in [3.05, 3.63) is 52.7 Å². The number of hydrogen-bond donors (Lipinski definition) is 0. The van der Waals surface area contributed by atoms with Gasteiger partial charge < -0.3 is 4.74 Å². The highest BCUT2D eigenvalue weighted by Crippen LogP contribution is 2.41. The van der Waals surface area contributed by atoms with Gasteiger partial charge in [-0.1, -0.05) is 15.9 Å². The summed E-state index contributed by atoms with van der Waals surface area (Å²) in [5, 5.41) is 0. The molecule has 0 bridgehead atoms. The number of hydrogen-bond acceptors (Lipinski definition) is 1. The van der Waals surface area contributed by atoms with Crippen LogP contribution in [-0.4, -0.2) is 0 Å². The van der Waals surface area contributed by atoms with E-state index in [0.717, 1.165) is 33.9 Å². The Morgan fingerprint density at radius 1 is 0.667 bits per heavy atom. The molecule has 0 amide bonds. The largest absolute Gasteiger partial charge is 0.455 e. The minimum atomic E-state index is 0.744. The summed E-state index contributed by atoms with van der Waals surface area (Å²) in [6.45, 7) is 0. The zero-order valence-corrected chi connectivity index (χ0v) is 16.6. The lowest BCUT2D eigenvalue weighted by Crippen LogP contribution is -1.88. The van der Waals surface area contributed by atoms with Crippen LogP contribution in [0.4, 0.5) is 0 Å². The van der Waals surface area contributed by atoms with Crippen LogP contribution in [0.5, 0.6) is 11.5 Å². The van der Waals surface area contributed by atoms with Crippen LogP contribution in [0.25, 0.3) is 0 Å². The molecule has 0 aromatic heterocycles. The van der Waals surface area contributed by atoms with E-state index in [0.29, 0.717) is 0 Å². The molecule has 0 aliphatic heterocycles. The predicted octanol–water partition coefficient (Wildman–Crippen LogP) is 7.29. The van der Waals surface area contributed by atoms with Gasteiger partial charge in [0.1, 0.15) is 11.5 Å². The molecule has 94 valence electrons. The topological polar surface area (TPSA) is 9.23 Å². The molecule has 2 aromatic carbocycles. The summed E-state index contributed by atoms with van der Waals surface area (Å²) in [6, 6.07) is 9.60. The summed E-state index contributed by atoms with van der Waals surface area (Å²) in [7, 11) is 0. The maximum Gasteiger partial charge on any atom is 0.142 e. The zero-order chi connectivity index (χ0) is 13.3. The average Bonchev–Trinajstić information content (AvgIpc) is 2.33. The number of halogens is 5. The van der Waals surface area contributed by atoms with E-state index in [1.54, 1.807) is 0 Å². The third-order valence-electron chi connectivity index (χ3n) is 2.11. The minimum Gasteiger partial charge on any atom is -0.455 e. The summed E-state index contributed by atoms with van der Waals surface area (Å²) in [5.41, 5.74) is 0. The van der Waals surface area contributed by atoms with Crippen LogP contribution in [0.15, 0.2) is 52.7 Å². The van der Waals surface area contributed by atoms with Gasteiger partial charge in [0, 0.05) is 13.4 Å². The molecule has 0 saturated carbocycles. The smallest absolute Gasteiger partial charge is 0.142 e. The van der Waals surface area contributed by atoms with Crippen LogP contribution in [-0.2, 0) is 0 Å². The van der Waals surface area contributed by atoms with Gasteiger partial charge in [0.15, 0.2) is 0 Å². The minimum absolute atomic E-state index is 0.744. The molecule has 18 heavy (non-hydrogen) atoms. The Hall–Kier alpha value is 0.640. The van der Waals surface area contributed by atoms with E-state index >= 15 is 0 Å². The van der Waals surface area contributed by atoms with Gasteiger partial charge in [0.25, 0.3) is 0 Å². The van der Waals surface area contributed by atoms with E-state index in [4.69, 9.17) is 4.74 Å². The van der Waals surface area contributed by atoms with Crippen molar-refractivity contribution in [2.75, 3.05) is 0 Å². The van der Waals surface area contributed by atoms with Crippen LogP contribution >= 0.6 is 79.6 Å². The van der Waals surface area contributed by atoms with Gasteiger partial charge in [-0.05, 0) is 94.1 Å². The molecule has 0 spiro atoms. The quantitative estimate of drug-likeness (QED) is 0.345. The number of benzene rings is 2. The van der Waals surface area contributed by atoms with Gasteiger partial charge in [-0.15, -0.1) is 0 Å². The lowest BCUT2D eigenvalue weighted by molar-refractivity contribution is 0.476. The highest BCUT2D eigenvalue weighted by Gasteiger charge is 2.11. The first-order valence-corrected chi connectivity index (χ1v) is 8.72. The Morgan fingerprint density at radius 2 is 1.33 bits per heavy atom. The second-order valence-corrected chi connectivity index (χ2v) is 7.56. The van der Waals surface area contributed by atoms with Crippen molar-refractivity contribution in [3.63, 3.8) is 0 Å². The van der Waals surface area contributed by atoms with E-state index in [1.807, 2.05) is 30.3 Å². The number of rotatable bonds is 2. The first kappa shape index (κ1) is 15.0. The molecule has 0 saturated heterocycles. The van der Waals surface area contributed by atoms with Crippen molar-refractivity contribution in [1.82, 2.24) is 0 Å². The van der Waals surface area contributed by atoms with Crippen molar-refractivity contribution in [1.29, 1.82) is 0 Å².